The lowest BCUT2D eigenvalue weighted by atomic mass is 10.3. The minimum absolute atomic E-state index is 0. The average Bonchev–Trinajstić information content (AvgIpc) is 2.53. The Bertz CT molecular complexity index is 413. The van der Waals surface area contributed by atoms with E-state index in [0.29, 0.717) is 13.2 Å². The van der Waals surface area contributed by atoms with Crippen LogP contribution in [-0.2, 0) is 4.74 Å². The minimum Gasteiger partial charge on any atom is -0.497 e. The molecule has 126 valence electrons. The van der Waals surface area contributed by atoms with Crippen LogP contribution >= 0.6 is 24.0 Å². The molecule has 0 bridgehead atoms. The maximum atomic E-state index is 5.64. The predicted molar refractivity (Wildman–Crippen MR) is 99.8 cm³/mol. The number of hydrogen-bond donors (Lipinski definition) is 2. The molecule has 0 amide bonds. The Morgan fingerprint density at radius 2 is 1.64 bits per heavy atom. The number of hydrogen-bond acceptors (Lipinski definition) is 4. The van der Waals surface area contributed by atoms with Gasteiger partial charge >= 0.3 is 0 Å². The maximum Gasteiger partial charge on any atom is 0.191 e. The van der Waals surface area contributed by atoms with Crippen molar-refractivity contribution in [2.45, 2.75) is 6.42 Å². The zero-order chi connectivity index (χ0) is 15.3. The van der Waals surface area contributed by atoms with Crippen molar-refractivity contribution in [3.05, 3.63) is 24.3 Å². The van der Waals surface area contributed by atoms with E-state index in [2.05, 4.69) is 15.6 Å². The molecule has 0 aromatic heterocycles. The lowest BCUT2D eigenvalue weighted by molar-refractivity contribution is 0.203. The van der Waals surface area contributed by atoms with E-state index in [9.17, 15) is 0 Å². The third-order valence-electron chi connectivity index (χ3n) is 2.76. The molecule has 2 N–H and O–H groups in total. The first-order chi connectivity index (χ1) is 10.3. The normalized spacial score (nSPS) is 10.6. The highest BCUT2D eigenvalue weighted by Crippen LogP contribution is 2.16. The Morgan fingerprint density at radius 3 is 2.23 bits per heavy atom. The number of guanidine groups is 1. The molecule has 7 heteroatoms. The van der Waals surface area contributed by atoms with E-state index in [1.807, 2.05) is 24.3 Å². The summed E-state index contributed by atoms with van der Waals surface area (Å²) in [5, 5.41) is 6.37. The molecule has 0 aliphatic carbocycles. The summed E-state index contributed by atoms with van der Waals surface area (Å²) >= 11 is 0. The number of aliphatic imine (C=N–C) groups is 1. The summed E-state index contributed by atoms with van der Waals surface area (Å²) in [7, 11) is 5.07. The third kappa shape index (κ3) is 8.93. The molecule has 0 heterocycles. The fraction of sp³-hybridized carbons (Fsp3) is 0.533. The molecule has 0 fully saturated rings. The number of ether oxygens (including phenoxy) is 3. The Hall–Kier alpha value is -1.22. The van der Waals surface area contributed by atoms with Crippen LogP contribution in [0.3, 0.4) is 0 Å². The van der Waals surface area contributed by atoms with Gasteiger partial charge in [-0.2, -0.15) is 0 Å². The van der Waals surface area contributed by atoms with E-state index >= 15 is 0 Å². The van der Waals surface area contributed by atoms with E-state index in [1.165, 1.54) is 0 Å². The van der Waals surface area contributed by atoms with Crippen molar-refractivity contribution < 1.29 is 14.2 Å². The van der Waals surface area contributed by atoms with Crippen LogP contribution < -0.4 is 20.1 Å². The van der Waals surface area contributed by atoms with Crippen LogP contribution in [0.2, 0.25) is 0 Å². The van der Waals surface area contributed by atoms with Gasteiger partial charge < -0.3 is 24.8 Å². The Morgan fingerprint density at radius 1 is 1.00 bits per heavy atom. The molecular formula is C15H26IN3O3. The summed E-state index contributed by atoms with van der Waals surface area (Å²) in [6.07, 6.45) is 0.886. The molecule has 0 spiro atoms. The number of nitrogens with zero attached hydrogens (tertiary/aromatic N) is 1. The first-order valence-electron chi connectivity index (χ1n) is 7.00. The summed E-state index contributed by atoms with van der Waals surface area (Å²) in [5.74, 6) is 2.45. The summed E-state index contributed by atoms with van der Waals surface area (Å²) in [6, 6.07) is 7.57. The molecule has 0 saturated heterocycles. The van der Waals surface area contributed by atoms with Crippen LogP contribution in [0.5, 0.6) is 11.5 Å². The Balaban J connectivity index is 0.00000441. The van der Waals surface area contributed by atoms with E-state index in [4.69, 9.17) is 14.2 Å². The average molecular weight is 423 g/mol. The molecular weight excluding hydrogens is 397 g/mol. The maximum absolute atomic E-state index is 5.64. The molecule has 0 aliphatic heterocycles. The zero-order valence-electron chi connectivity index (χ0n) is 13.4. The van der Waals surface area contributed by atoms with Crippen LogP contribution in [0.4, 0.5) is 0 Å². The second-order valence-corrected chi connectivity index (χ2v) is 4.30. The standard InChI is InChI=1S/C15H25N3O3.HI/c1-16-15(18-10-12-19-2)17-9-4-11-21-14-7-5-13(20-3)6-8-14;/h5-8H,4,9-12H2,1-3H3,(H2,16,17,18);1H. The van der Waals surface area contributed by atoms with Gasteiger partial charge in [0.2, 0.25) is 0 Å². The van der Waals surface area contributed by atoms with Gasteiger partial charge in [0.1, 0.15) is 11.5 Å². The van der Waals surface area contributed by atoms with Crippen molar-refractivity contribution in [2.24, 2.45) is 4.99 Å². The van der Waals surface area contributed by atoms with E-state index in [1.54, 1.807) is 21.3 Å². The van der Waals surface area contributed by atoms with Gasteiger partial charge in [0.25, 0.3) is 0 Å². The fourth-order valence-electron chi connectivity index (χ4n) is 1.63. The number of rotatable bonds is 9. The van der Waals surface area contributed by atoms with Crippen molar-refractivity contribution in [3.63, 3.8) is 0 Å². The van der Waals surface area contributed by atoms with Gasteiger partial charge in [0, 0.05) is 27.2 Å². The highest BCUT2D eigenvalue weighted by molar-refractivity contribution is 14.0. The quantitative estimate of drug-likeness (QED) is 0.275. The van der Waals surface area contributed by atoms with Gasteiger partial charge in [0.05, 0.1) is 20.3 Å². The molecule has 1 aromatic rings. The van der Waals surface area contributed by atoms with Gasteiger partial charge in [0.15, 0.2) is 5.96 Å². The van der Waals surface area contributed by atoms with Crippen LogP contribution in [0.25, 0.3) is 0 Å². The molecule has 0 saturated carbocycles. The topological polar surface area (TPSA) is 64.1 Å². The highest BCUT2D eigenvalue weighted by Gasteiger charge is 1.97. The van der Waals surface area contributed by atoms with Crippen molar-refractivity contribution in [1.29, 1.82) is 0 Å². The lowest BCUT2D eigenvalue weighted by Gasteiger charge is -2.12. The summed E-state index contributed by atoms with van der Waals surface area (Å²) in [4.78, 5) is 4.12. The van der Waals surface area contributed by atoms with Crippen LogP contribution in [0.1, 0.15) is 6.42 Å². The molecule has 0 atom stereocenters. The van der Waals surface area contributed by atoms with Crippen molar-refractivity contribution in [1.82, 2.24) is 10.6 Å². The summed E-state index contributed by atoms with van der Waals surface area (Å²) in [6.45, 7) is 2.83. The molecule has 0 aliphatic rings. The first-order valence-corrected chi connectivity index (χ1v) is 7.00. The van der Waals surface area contributed by atoms with Gasteiger partial charge in [-0.3, -0.25) is 4.99 Å². The van der Waals surface area contributed by atoms with Crippen LogP contribution in [0, 0.1) is 0 Å². The summed E-state index contributed by atoms with van der Waals surface area (Å²) in [5.41, 5.74) is 0. The second-order valence-electron chi connectivity index (χ2n) is 4.30. The van der Waals surface area contributed by atoms with Crippen LogP contribution in [0.15, 0.2) is 29.3 Å². The zero-order valence-corrected chi connectivity index (χ0v) is 15.8. The van der Waals surface area contributed by atoms with Crippen molar-refractivity contribution in [2.75, 3.05) is 47.6 Å². The molecule has 6 nitrogen and oxygen atoms in total. The largest absolute Gasteiger partial charge is 0.497 e. The van der Waals surface area contributed by atoms with Gasteiger partial charge in [-0.1, -0.05) is 0 Å². The van der Waals surface area contributed by atoms with E-state index in [-0.39, 0.29) is 24.0 Å². The van der Waals surface area contributed by atoms with Gasteiger partial charge in [-0.05, 0) is 30.7 Å². The molecule has 22 heavy (non-hydrogen) atoms. The van der Waals surface area contributed by atoms with E-state index in [0.717, 1.165) is 37.0 Å². The predicted octanol–water partition coefficient (Wildman–Crippen LogP) is 1.89. The lowest BCUT2D eigenvalue weighted by Crippen LogP contribution is -2.39. The monoisotopic (exact) mass is 423 g/mol. The number of methoxy groups -OCH3 is 2. The number of benzene rings is 1. The smallest absolute Gasteiger partial charge is 0.191 e. The van der Waals surface area contributed by atoms with Crippen LogP contribution in [-0.4, -0.2) is 53.5 Å². The van der Waals surface area contributed by atoms with Crippen molar-refractivity contribution in [3.8, 4) is 11.5 Å². The van der Waals surface area contributed by atoms with Crippen molar-refractivity contribution >= 4 is 29.9 Å². The van der Waals surface area contributed by atoms with Gasteiger partial charge in [-0.15, -0.1) is 24.0 Å². The fourth-order valence-corrected chi connectivity index (χ4v) is 1.63. The minimum atomic E-state index is 0. The first kappa shape index (κ1) is 20.8. The van der Waals surface area contributed by atoms with Gasteiger partial charge in [-0.25, -0.2) is 0 Å². The number of nitrogens with one attached hydrogen (secondary N) is 2. The Kier molecular flexibility index (Phi) is 12.7. The molecule has 1 rings (SSSR count). The van der Waals surface area contributed by atoms with E-state index < -0.39 is 0 Å². The Labute approximate surface area is 149 Å². The highest BCUT2D eigenvalue weighted by atomic mass is 127. The third-order valence-corrected chi connectivity index (χ3v) is 2.76. The number of halogens is 1. The molecule has 0 radical (unpaired) electrons. The molecule has 1 aromatic carbocycles. The molecule has 0 unspecified atom stereocenters. The summed E-state index contributed by atoms with van der Waals surface area (Å²) < 4.78 is 15.7. The SMILES string of the molecule is CN=C(NCCCOc1ccc(OC)cc1)NCCOC.I. The second kappa shape index (κ2) is 13.4.